The Morgan fingerprint density at radius 2 is 1.32 bits per heavy atom. The fraction of sp³-hybridized carbons (Fsp3) is 0.417. The zero-order chi connectivity index (χ0) is 19.1. The summed E-state index contributed by atoms with van der Waals surface area (Å²) in [5, 5.41) is 0.773. The average molecular weight is 359 g/mol. The first kappa shape index (κ1) is 23.5. The largest absolute Gasteiger partial charge is 0.0984 e. The third-order valence-corrected chi connectivity index (χ3v) is 4.25. The molecule has 0 fully saturated rings. The molecule has 0 aliphatic carbocycles. The number of hydrogen-bond acceptors (Lipinski definition) is 0. The zero-order valence-electron chi connectivity index (χ0n) is 16.7. The van der Waals surface area contributed by atoms with Crippen LogP contribution >= 0.6 is 11.6 Å². The van der Waals surface area contributed by atoms with Crippen LogP contribution in [0.5, 0.6) is 0 Å². The minimum Gasteiger partial charge on any atom is -0.0984 e. The van der Waals surface area contributed by atoms with Gasteiger partial charge in [-0.05, 0) is 48.1 Å². The predicted octanol–water partition coefficient (Wildman–Crippen LogP) is 8.30. The van der Waals surface area contributed by atoms with Crippen molar-refractivity contribution in [2.24, 2.45) is 0 Å². The van der Waals surface area contributed by atoms with Crippen molar-refractivity contribution < 1.29 is 0 Å². The number of aryl methyl sites for hydroxylation is 3. The van der Waals surface area contributed by atoms with Crippen LogP contribution in [0.2, 0.25) is 5.02 Å². The van der Waals surface area contributed by atoms with Gasteiger partial charge in [0.05, 0.1) is 0 Å². The monoisotopic (exact) mass is 358 g/mol. The Kier molecular flexibility index (Phi) is 13.9. The molecule has 2 aromatic rings. The molecule has 0 aliphatic rings. The maximum atomic E-state index is 5.86. The van der Waals surface area contributed by atoms with Crippen molar-refractivity contribution in [1.82, 2.24) is 0 Å². The molecule has 0 saturated carbocycles. The topological polar surface area (TPSA) is 0 Å². The van der Waals surface area contributed by atoms with E-state index in [0.717, 1.165) is 23.4 Å². The predicted molar refractivity (Wildman–Crippen MR) is 117 cm³/mol. The van der Waals surface area contributed by atoms with E-state index < -0.39 is 0 Å². The maximum absolute atomic E-state index is 5.86. The number of hydrogen-bond donors (Lipinski definition) is 0. The molecule has 0 nitrogen and oxygen atoms in total. The van der Waals surface area contributed by atoms with Crippen LogP contribution in [0, 0.1) is 6.92 Å². The van der Waals surface area contributed by atoms with Crippen LogP contribution in [-0.2, 0) is 12.8 Å². The van der Waals surface area contributed by atoms with Crippen LogP contribution in [-0.4, -0.2) is 0 Å². The molecule has 0 N–H and O–H groups in total. The Morgan fingerprint density at radius 1 is 0.840 bits per heavy atom. The molecule has 2 aromatic carbocycles. The summed E-state index contributed by atoms with van der Waals surface area (Å²) in [6, 6.07) is 14.7. The van der Waals surface area contributed by atoms with E-state index in [9.17, 15) is 0 Å². The zero-order valence-corrected chi connectivity index (χ0v) is 17.5. The third kappa shape index (κ3) is 10.8. The van der Waals surface area contributed by atoms with E-state index >= 15 is 0 Å². The highest BCUT2D eigenvalue weighted by atomic mass is 35.5. The van der Waals surface area contributed by atoms with Crippen LogP contribution in [0.4, 0.5) is 0 Å². The Balaban J connectivity index is 0.000000368. The van der Waals surface area contributed by atoms with E-state index in [-0.39, 0.29) is 0 Å². The molecular formula is C24H35Cl. The van der Waals surface area contributed by atoms with Crippen molar-refractivity contribution in [3.8, 4) is 0 Å². The molecule has 25 heavy (non-hydrogen) atoms. The van der Waals surface area contributed by atoms with Crippen LogP contribution in [0.25, 0.3) is 6.08 Å². The summed E-state index contributed by atoms with van der Waals surface area (Å²) in [5.41, 5.74) is 5.03. The first-order valence-corrected chi connectivity index (χ1v) is 9.86. The van der Waals surface area contributed by atoms with Crippen molar-refractivity contribution in [2.75, 3.05) is 0 Å². The average Bonchev–Trinajstić information content (AvgIpc) is 2.63. The molecule has 0 aromatic heterocycles. The molecule has 0 atom stereocenters. The molecule has 138 valence electrons. The summed E-state index contributed by atoms with van der Waals surface area (Å²) >= 11 is 5.86. The quantitative estimate of drug-likeness (QED) is 0.504. The second-order valence-corrected chi connectivity index (χ2v) is 6.51. The second kappa shape index (κ2) is 14.8. The molecule has 0 saturated heterocycles. The molecule has 0 spiro atoms. The molecule has 0 bridgehead atoms. The Bertz CT molecular complexity index is 557. The van der Waals surface area contributed by atoms with Gasteiger partial charge in [-0.2, -0.15) is 0 Å². The standard InChI is InChI=1S/C10H14.C9H9Cl.C5H12/c1-3-9-5-7-10(4-2)8-6-9;1-3-8-5-4-7(2)6-9(8)10;1-3-5-4-2/h5-8H,3-4H2,1-2H3;3-6H,1H2,2H3;3-5H2,1-2H3. The van der Waals surface area contributed by atoms with E-state index in [1.165, 1.54) is 36.0 Å². The molecule has 0 unspecified atom stereocenters. The van der Waals surface area contributed by atoms with Crippen molar-refractivity contribution in [3.63, 3.8) is 0 Å². The van der Waals surface area contributed by atoms with Gasteiger partial charge in [0.25, 0.3) is 0 Å². The lowest BCUT2D eigenvalue weighted by molar-refractivity contribution is 0.772. The smallest absolute Gasteiger partial charge is 0.0480 e. The summed E-state index contributed by atoms with van der Waals surface area (Å²) in [5.74, 6) is 0. The molecular weight excluding hydrogens is 324 g/mol. The van der Waals surface area contributed by atoms with Gasteiger partial charge in [0.2, 0.25) is 0 Å². The van der Waals surface area contributed by atoms with E-state index in [2.05, 4.69) is 58.5 Å². The Hall–Kier alpha value is -1.53. The normalized spacial score (nSPS) is 9.36. The summed E-state index contributed by atoms with van der Waals surface area (Å²) < 4.78 is 0. The number of benzene rings is 2. The fourth-order valence-electron chi connectivity index (χ4n) is 2.16. The highest BCUT2D eigenvalue weighted by Gasteiger charge is 1.93. The van der Waals surface area contributed by atoms with Gasteiger partial charge < -0.3 is 0 Å². The minimum atomic E-state index is 0.773. The van der Waals surface area contributed by atoms with Crippen LogP contribution in [0.1, 0.15) is 69.2 Å². The molecule has 0 aliphatic heterocycles. The van der Waals surface area contributed by atoms with E-state index in [1.54, 1.807) is 6.08 Å². The second-order valence-electron chi connectivity index (χ2n) is 6.11. The minimum absolute atomic E-state index is 0.773. The first-order chi connectivity index (χ1) is 12.0. The number of halogens is 1. The Morgan fingerprint density at radius 3 is 1.60 bits per heavy atom. The van der Waals surface area contributed by atoms with Gasteiger partial charge in [0.15, 0.2) is 0 Å². The van der Waals surface area contributed by atoms with E-state index in [0.29, 0.717) is 0 Å². The fourth-order valence-corrected chi connectivity index (χ4v) is 2.47. The molecule has 0 amide bonds. The van der Waals surface area contributed by atoms with Gasteiger partial charge in [-0.1, -0.05) is 108 Å². The van der Waals surface area contributed by atoms with Crippen LogP contribution < -0.4 is 0 Å². The third-order valence-electron chi connectivity index (χ3n) is 3.92. The highest BCUT2D eigenvalue weighted by molar-refractivity contribution is 6.32. The van der Waals surface area contributed by atoms with Gasteiger partial charge in [-0.15, -0.1) is 0 Å². The SMILES string of the molecule is C=Cc1ccc(C)cc1Cl.CCCCC.CCc1ccc(CC)cc1. The van der Waals surface area contributed by atoms with E-state index in [4.69, 9.17) is 11.6 Å². The summed E-state index contributed by atoms with van der Waals surface area (Å²) in [6.45, 7) is 14.4. The lowest BCUT2D eigenvalue weighted by Gasteiger charge is -1.97. The van der Waals surface area contributed by atoms with E-state index in [1.807, 2.05) is 25.1 Å². The first-order valence-electron chi connectivity index (χ1n) is 9.48. The van der Waals surface area contributed by atoms with Gasteiger partial charge >= 0.3 is 0 Å². The summed E-state index contributed by atoms with van der Waals surface area (Å²) in [6.07, 6.45) is 8.11. The van der Waals surface area contributed by atoms with Gasteiger partial charge in [0.1, 0.15) is 0 Å². The maximum Gasteiger partial charge on any atom is 0.0480 e. The number of unbranched alkanes of at least 4 members (excludes halogenated alkanes) is 2. The molecule has 0 radical (unpaired) electrons. The number of rotatable bonds is 5. The summed E-state index contributed by atoms with van der Waals surface area (Å²) in [4.78, 5) is 0. The van der Waals surface area contributed by atoms with Crippen LogP contribution in [0.15, 0.2) is 49.0 Å². The van der Waals surface area contributed by atoms with Crippen LogP contribution in [0.3, 0.4) is 0 Å². The molecule has 0 heterocycles. The van der Waals surface area contributed by atoms with Gasteiger partial charge in [-0.25, -0.2) is 0 Å². The van der Waals surface area contributed by atoms with Crippen molar-refractivity contribution in [3.05, 3.63) is 76.3 Å². The molecule has 2 rings (SSSR count). The molecule has 1 heteroatoms. The highest BCUT2D eigenvalue weighted by Crippen LogP contribution is 2.17. The van der Waals surface area contributed by atoms with Crippen molar-refractivity contribution in [1.29, 1.82) is 0 Å². The van der Waals surface area contributed by atoms with Gasteiger partial charge in [-0.3, -0.25) is 0 Å². The lowest BCUT2D eigenvalue weighted by Crippen LogP contribution is -1.81. The van der Waals surface area contributed by atoms with Gasteiger partial charge in [0, 0.05) is 5.02 Å². The van der Waals surface area contributed by atoms with Crippen molar-refractivity contribution >= 4 is 17.7 Å². The Labute approximate surface area is 160 Å². The lowest BCUT2D eigenvalue weighted by atomic mass is 10.1. The summed E-state index contributed by atoms with van der Waals surface area (Å²) in [7, 11) is 0. The van der Waals surface area contributed by atoms with Crippen molar-refractivity contribution in [2.45, 2.75) is 66.7 Å².